The summed E-state index contributed by atoms with van der Waals surface area (Å²) in [6, 6.07) is 14.3. The molecule has 0 bridgehead atoms. The van der Waals surface area contributed by atoms with E-state index in [1.165, 1.54) is 6.07 Å². The fourth-order valence-electron chi connectivity index (χ4n) is 2.46. The Morgan fingerprint density at radius 1 is 1.10 bits per heavy atom. The number of nitrogens with one attached hydrogen (secondary N) is 1. The molecule has 0 aliphatic carbocycles. The summed E-state index contributed by atoms with van der Waals surface area (Å²) in [4.78, 5) is 0. The normalized spacial score (nSPS) is 12.3. The molecule has 2 rings (SSSR count). The van der Waals surface area contributed by atoms with Gasteiger partial charge < -0.3 is 10.4 Å². The second-order valence-electron chi connectivity index (χ2n) is 5.32. The first-order valence-electron chi connectivity index (χ1n) is 7.43. The first-order chi connectivity index (χ1) is 10.2. The average molecular weight is 287 g/mol. The zero-order valence-corrected chi connectivity index (χ0v) is 12.3. The lowest BCUT2D eigenvalue weighted by Gasteiger charge is -2.19. The molecule has 0 spiro atoms. The second kappa shape index (κ2) is 7.79. The molecular weight excluding hydrogens is 265 g/mol. The molecule has 21 heavy (non-hydrogen) atoms. The number of aromatic hydroxyl groups is 1. The summed E-state index contributed by atoms with van der Waals surface area (Å²) in [5, 5.41) is 13.0. The van der Waals surface area contributed by atoms with Gasteiger partial charge in [0.05, 0.1) is 0 Å². The Kier molecular flexibility index (Phi) is 5.76. The van der Waals surface area contributed by atoms with Gasteiger partial charge in [0.2, 0.25) is 0 Å². The number of hydrogen-bond acceptors (Lipinski definition) is 2. The van der Waals surface area contributed by atoms with Crippen molar-refractivity contribution in [3.63, 3.8) is 0 Å². The van der Waals surface area contributed by atoms with Crippen LogP contribution >= 0.6 is 0 Å². The number of hydrogen-bond donors (Lipinski definition) is 2. The average Bonchev–Trinajstić information content (AvgIpc) is 2.47. The van der Waals surface area contributed by atoms with E-state index in [0.717, 1.165) is 30.5 Å². The molecule has 2 nitrogen and oxygen atoms in total. The highest BCUT2D eigenvalue weighted by molar-refractivity contribution is 5.28. The summed E-state index contributed by atoms with van der Waals surface area (Å²) in [5.41, 5.74) is 1.78. The number of phenols is 1. The van der Waals surface area contributed by atoms with E-state index in [9.17, 15) is 9.50 Å². The van der Waals surface area contributed by atoms with Gasteiger partial charge in [-0.1, -0.05) is 37.3 Å². The largest absolute Gasteiger partial charge is 0.508 e. The van der Waals surface area contributed by atoms with Crippen LogP contribution in [0.1, 0.15) is 24.5 Å². The van der Waals surface area contributed by atoms with Crippen LogP contribution < -0.4 is 5.32 Å². The van der Waals surface area contributed by atoms with Gasteiger partial charge >= 0.3 is 0 Å². The Morgan fingerprint density at radius 2 is 1.90 bits per heavy atom. The standard InChI is InChI=1S/C18H22FNO/c1-2-10-20-16(11-14-6-5-8-17(21)12-14)13-15-7-3-4-9-18(15)19/h3-9,12,16,20-21H,2,10-11,13H2,1H3. The highest BCUT2D eigenvalue weighted by Crippen LogP contribution is 2.16. The molecular formula is C18H22FNO. The van der Waals surface area contributed by atoms with Gasteiger partial charge in [0.15, 0.2) is 0 Å². The van der Waals surface area contributed by atoms with Crippen LogP contribution in [0.15, 0.2) is 48.5 Å². The Labute approximate surface area is 125 Å². The molecule has 0 aliphatic rings. The Hall–Kier alpha value is -1.87. The van der Waals surface area contributed by atoms with Crippen molar-refractivity contribution in [2.75, 3.05) is 6.54 Å². The SMILES string of the molecule is CCCNC(Cc1cccc(O)c1)Cc1ccccc1F. The number of benzene rings is 2. The van der Waals surface area contributed by atoms with E-state index in [4.69, 9.17) is 0 Å². The van der Waals surface area contributed by atoms with Gasteiger partial charge in [0.1, 0.15) is 11.6 Å². The molecule has 0 saturated carbocycles. The Bertz CT molecular complexity index is 571. The first kappa shape index (κ1) is 15.5. The summed E-state index contributed by atoms with van der Waals surface area (Å²) >= 11 is 0. The molecule has 3 heteroatoms. The van der Waals surface area contributed by atoms with Crippen molar-refractivity contribution in [2.24, 2.45) is 0 Å². The maximum absolute atomic E-state index is 13.8. The van der Waals surface area contributed by atoms with Crippen molar-refractivity contribution in [3.05, 3.63) is 65.5 Å². The maximum Gasteiger partial charge on any atom is 0.126 e. The molecule has 1 unspecified atom stereocenters. The van der Waals surface area contributed by atoms with E-state index in [-0.39, 0.29) is 17.6 Å². The van der Waals surface area contributed by atoms with Crippen LogP contribution in [-0.4, -0.2) is 17.7 Å². The predicted octanol–water partition coefficient (Wildman–Crippen LogP) is 3.68. The molecule has 0 radical (unpaired) electrons. The molecule has 0 heterocycles. The van der Waals surface area contributed by atoms with E-state index in [0.29, 0.717) is 6.42 Å². The lowest BCUT2D eigenvalue weighted by molar-refractivity contribution is 0.470. The van der Waals surface area contributed by atoms with Gasteiger partial charge in [-0.25, -0.2) is 4.39 Å². The Morgan fingerprint density at radius 3 is 2.62 bits per heavy atom. The van der Waals surface area contributed by atoms with Crippen LogP contribution in [0.25, 0.3) is 0 Å². The second-order valence-corrected chi connectivity index (χ2v) is 5.32. The minimum atomic E-state index is -0.156. The van der Waals surface area contributed by atoms with E-state index in [2.05, 4.69) is 12.2 Å². The zero-order valence-electron chi connectivity index (χ0n) is 12.3. The van der Waals surface area contributed by atoms with Gasteiger partial charge in [0, 0.05) is 6.04 Å². The van der Waals surface area contributed by atoms with Crippen molar-refractivity contribution < 1.29 is 9.50 Å². The van der Waals surface area contributed by atoms with Crippen molar-refractivity contribution >= 4 is 0 Å². The van der Waals surface area contributed by atoms with Crippen LogP contribution in [0.5, 0.6) is 5.75 Å². The molecule has 0 aliphatic heterocycles. The molecule has 0 saturated heterocycles. The minimum absolute atomic E-state index is 0.156. The van der Waals surface area contributed by atoms with E-state index >= 15 is 0 Å². The molecule has 112 valence electrons. The van der Waals surface area contributed by atoms with Crippen molar-refractivity contribution in [3.8, 4) is 5.75 Å². The lowest BCUT2D eigenvalue weighted by atomic mass is 9.98. The molecule has 0 aromatic heterocycles. The molecule has 0 amide bonds. The third-order valence-electron chi connectivity index (χ3n) is 3.50. The summed E-state index contributed by atoms with van der Waals surface area (Å²) in [5.74, 6) is 0.115. The van der Waals surface area contributed by atoms with Crippen molar-refractivity contribution in [2.45, 2.75) is 32.2 Å². The third kappa shape index (κ3) is 4.87. The molecule has 2 aromatic rings. The van der Waals surface area contributed by atoms with E-state index in [1.807, 2.05) is 24.3 Å². The zero-order chi connectivity index (χ0) is 15.1. The van der Waals surface area contributed by atoms with Gasteiger partial charge in [-0.2, -0.15) is 0 Å². The van der Waals surface area contributed by atoms with Gasteiger partial charge in [-0.05, 0) is 55.1 Å². The fourth-order valence-corrected chi connectivity index (χ4v) is 2.46. The summed E-state index contributed by atoms with van der Waals surface area (Å²) in [6.07, 6.45) is 2.44. The summed E-state index contributed by atoms with van der Waals surface area (Å²) in [7, 11) is 0. The van der Waals surface area contributed by atoms with Crippen LogP contribution in [0.4, 0.5) is 4.39 Å². The first-order valence-corrected chi connectivity index (χ1v) is 7.43. The minimum Gasteiger partial charge on any atom is -0.508 e. The fraction of sp³-hybridized carbons (Fsp3) is 0.333. The maximum atomic E-state index is 13.8. The van der Waals surface area contributed by atoms with Gasteiger partial charge in [-0.3, -0.25) is 0 Å². The predicted molar refractivity (Wildman–Crippen MR) is 84.0 cm³/mol. The van der Waals surface area contributed by atoms with Crippen molar-refractivity contribution in [1.82, 2.24) is 5.32 Å². The Balaban J connectivity index is 2.09. The molecule has 2 aromatic carbocycles. The van der Waals surface area contributed by atoms with Crippen molar-refractivity contribution in [1.29, 1.82) is 0 Å². The highest BCUT2D eigenvalue weighted by atomic mass is 19.1. The summed E-state index contributed by atoms with van der Waals surface area (Å²) < 4.78 is 13.8. The number of halogens is 1. The molecule has 0 fully saturated rings. The van der Waals surface area contributed by atoms with E-state index < -0.39 is 0 Å². The summed E-state index contributed by atoms with van der Waals surface area (Å²) in [6.45, 7) is 3.01. The number of phenolic OH excluding ortho intramolecular Hbond substituents is 1. The lowest BCUT2D eigenvalue weighted by Crippen LogP contribution is -2.34. The van der Waals surface area contributed by atoms with Gasteiger partial charge in [0.25, 0.3) is 0 Å². The van der Waals surface area contributed by atoms with Gasteiger partial charge in [-0.15, -0.1) is 0 Å². The monoisotopic (exact) mass is 287 g/mol. The topological polar surface area (TPSA) is 32.3 Å². The smallest absolute Gasteiger partial charge is 0.126 e. The van der Waals surface area contributed by atoms with Crippen LogP contribution in [0.2, 0.25) is 0 Å². The molecule has 1 atom stereocenters. The quantitative estimate of drug-likeness (QED) is 0.814. The van der Waals surface area contributed by atoms with Crippen LogP contribution in [0, 0.1) is 5.82 Å². The van der Waals surface area contributed by atoms with E-state index in [1.54, 1.807) is 18.2 Å². The third-order valence-corrected chi connectivity index (χ3v) is 3.50. The highest BCUT2D eigenvalue weighted by Gasteiger charge is 2.12. The van der Waals surface area contributed by atoms with Crippen LogP contribution in [0.3, 0.4) is 0 Å². The molecule has 2 N–H and O–H groups in total. The van der Waals surface area contributed by atoms with Crippen LogP contribution in [-0.2, 0) is 12.8 Å². The number of rotatable bonds is 7.